The zero-order valence-electron chi connectivity index (χ0n) is 9.51. The van der Waals surface area contributed by atoms with E-state index in [9.17, 15) is 9.59 Å². The fraction of sp³-hybridized carbons (Fsp3) is 0.0833. The standard InChI is InChI=1S/C12H10N2O3S/c1-7(15)10-6-18-12(13-10)14-11(17)8-2-4-9(16)5-3-8/h2-6,16H,1H3,(H,13,14,17). The van der Waals surface area contributed by atoms with E-state index in [1.54, 1.807) is 5.38 Å². The molecule has 0 saturated carbocycles. The number of aromatic nitrogens is 1. The van der Waals surface area contributed by atoms with Crippen molar-refractivity contribution in [2.24, 2.45) is 0 Å². The van der Waals surface area contributed by atoms with Crippen molar-refractivity contribution in [1.82, 2.24) is 4.98 Å². The van der Waals surface area contributed by atoms with E-state index < -0.39 is 0 Å². The lowest BCUT2D eigenvalue weighted by atomic mass is 10.2. The third-order valence-corrected chi connectivity index (χ3v) is 2.97. The molecule has 0 bridgehead atoms. The summed E-state index contributed by atoms with van der Waals surface area (Å²) < 4.78 is 0. The molecule has 6 heteroatoms. The molecule has 0 aliphatic rings. The van der Waals surface area contributed by atoms with Crippen molar-refractivity contribution in [2.75, 3.05) is 5.32 Å². The van der Waals surface area contributed by atoms with Crippen molar-refractivity contribution in [3.63, 3.8) is 0 Å². The molecule has 92 valence electrons. The average Bonchev–Trinajstić information content (AvgIpc) is 2.78. The molecular formula is C12H10N2O3S. The SMILES string of the molecule is CC(=O)c1csc(NC(=O)c2ccc(O)cc2)n1. The van der Waals surface area contributed by atoms with Gasteiger partial charge in [-0.2, -0.15) is 0 Å². The molecule has 1 aromatic carbocycles. The molecule has 5 nitrogen and oxygen atoms in total. The number of hydrogen-bond donors (Lipinski definition) is 2. The molecule has 0 radical (unpaired) electrons. The number of Topliss-reactive ketones (excluding diaryl/α,β-unsaturated/α-hetero) is 1. The highest BCUT2D eigenvalue weighted by molar-refractivity contribution is 7.14. The van der Waals surface area contributed by atoms with E-state index in [4.69, 9.17) is 5.11 Å². The monoisotopic (exact) mass is 262 g/mol. The van der Waals surface area contributed by atoms with Gasteiger partial charge >= 0.3 is 0 Å². The third-order valence-electron chi connectivity index (χ3n) is 2.21. The van der Waals surface area contributed by atoms with E-state index >= 15 is 0 Å². The zero-order chi connectivity index (χ0) is 13.1. The van der Waals surface area contributed by atoms with E-state index in [1.165, 1.54) is 42.5 Å². The van der Waals surface area contributed by atoms with Crippen molar-refractivity contribution in [1.29, 1.82) is 0 Å². The van der Waals surface area contributed by atoms with Gasteiger partial charge < -0.3 is 5.11 Å². The van der Waals surface area contributed by atoms with Gasteiger partial charge in [-0.1, -0.05) is 0 Å². The molecule has 0 aliphatic heterocycles. The maximum Gasteiger partial charge on any atom is 0.257 e. The molecule has 2 aromatic rings. The summed E-state index contributed by atoms with van der Waals surface area (Å²) in [5, 5.41) is 13.7. The van der Waals surface area contributed by atoms with E-state index in [2.05, 4.69) is 10.3 Å². The number of hydrogen-bond acceptors (Lipinski definition) is 5. The van der Waals surface area contributed by atoms with Crippen LogP contribution in [0.4, 0.5) is 5.13 Å². The van der Waals surface area contributed by atoms with E-state index in [0.717, 1.165) is 0 Å². The van der Waals surface area contributed by atoms with Gasteiger partial charge in [0.1, 0.15) is 11.4 Å². The van der Waals surface area contributed by atoms with Gasteiger partial charge in [-0.3, -0.25) is 14.9 Å². The Kier molecular flexibility index (Phi) is 3.38. The molecule has 0 spiro atoms. The predicted molar refractivity (Wildman–Crippen MR) is 68.2 cm³/mol. The number of phenols is 1. The van der Waals surface area contributed by atoms with Crippen LogP contribution in [0.2, 0.25) is 0 Å². The van der Waals surface area contributed by atoms with E-state index in [-0.39, 0.29) is 17.4 Å². The molecule has 1 aromatic heterocycles. The molecule has 1 heterocycles. The number of nitrogens with zero attached hydrogens (tertiary/aromatic N) is 1. The molecule has 0 saturated heterocycles. The quantitative estimate of drug-likeness (QED) is 0.832. The highest BCUT2D eigenvalue weighted by Crippen LogP contribution is 2.17. The summed E-state index contributed by atoms with van der Waals surface area (Å²) in [4.78, 5) is 26.8. The number of amides is 1. The lowest BCUT2D eigenvalue weighted by Crippen LogP contribution is -2.11. The number of nitrogens with one attached hydrogen (secondary N) is 1. The first-order valence-corrected chi connectivity index (χ1v) is 6.01. The van der Waals surface area contributed by atoms with Crippen LogP contribution >= 0.6 is 11.3 Å². The van der Waals surface area contributed by atoms with Crippen LogP contribution in [0.15, 0.2) is 29.6 Å². The summed E-state index contributed by atoms with van der Waals surface area (Å²) in [7, 11) is 0. The fourth-order valence-corrected chi connectivity index (χ4v) is 2.02. The number of carbonyl (C=O) groups excluding carboxylic acids is 2. The third kappa shape index (κ3) is 2.72. The lowest BCUT2D eigenvalue weighted by molar-refractivity contribution is 0.100. The first kappa shape index (κ1) is 12.3. The van der Waals surface area contributed by atoms with Crippen LogP contribution in [-0.4, -0.2) is 21.8 Å². The lowest BCUT2D eigenvalue weighted by Gasteiger charge is -2.01. The topological polar surface area (TPSA) is 79.3 Å². The Bertz CT molecular complexity index is 590. The van der Waals surface area contributed by atoms with Gasteiger partial charge in [0.25, 0.3) is 5.91 Å². The Morgan fingerprint density at radius 2 is 1.94 bits per heavy atom. The second-order valence-electron chi connectivity index (χ2n) is 3.60. The number of aromatic hydroxyl groups is 1. The first-order chi connectivity index (χ1) is 8.56. The number of rotatable bonds is 3. The van der Waals surface area contributed by atoms with E-state index in [1.807, 2.05) is 0 Å². The Morgan fingerprint density at radius 3 is 2.50 bits per heavy atom. The van der Waals surface area contributed by atoms with Crippen molar-refractivity contribution in [2.45, 2.75) is 6.92 Å². The Balaban J connectivity index is 2.11. The number of thiazole rings is 1. The maximum absolute atomic E-state index is 11.8. The van der Waals surface area contributed by atoms with Crippen LogP contribution in [0.3, 0.4) is 0 Å². The molecule has 2 rings (SSSR count). The summed E-state index contributed by atoms with van der Waals surface area (Å²) >= 11 is 1.19. The van der Waals surface area contributed by atoms with Gasteiger partial charge in [-0.15, -0.1) is 11.3 Å². The van der Waals surface area contributed by atoms with Crippen LogP contribution in [0, 0.1) is 0 Å². The smallest absolute Gasteiger partial charge is 0.257 e. The first-order valence-electron chi connectivity index (χ1n) is 5.13. The molecule has 0 fully saturated rings. The summed E-state index contributed by atoms with van der Waals surface area (Å²) in [5.41, 5.74) is 0.744. The van der Waals surface area contributed by atoms with Crippen LogP contribution < -0.4 is 5.32 Å². The highest BCUT2D eigenvalue weighted by atomic mass is 32.1. The summed E-state index contributed by atoms with van der Waals surface area (Å²) in [6, 6.07) is 5.86. The molecular weight excluding hydrogens is 252 g/mol. The summed E-state index contributed by atoms with van der Waals surface area (Å²) in [6.07, 6.45) is 0. The molecule has 2 N–H and O–H groups in total. The minimum Gasteiger partial charge on any atom is -0.508 e. The number of ketones is 1. The Hall–Kier alpha value is -2.21. The molecule has 0 aliphatic carbocycles. The van der Waals surface area contributed by atoms with Gasteiger partial charge in [0.05, 0.1) is 0 Å². The fourth-order valence-electron chi connectivity index (χ4n) is 1.27. The number of phenolic OH excluding ortho intramolecular Hbond substituents is 1. The summed E-state index contributed by atoms with van der Waals surface area (Å²) in [5.74, 6) is -0.379. The minimum absolute atomic E-state index is 0.0969. The second kappa shape index (κ2) is 4.97. The van der Waals surface area contributed by atoms with Crippen LogP contribution in [0.25, 0.3) is 0 Å². The zero-order valence-corrected chi connectivity index (χ0v) is 10.3. The average molecular weight is 262 g/mol. The van der Waals surface area contributed by atoms with Crippen molar-refractivity contribution < 1.29 is 14.7 Å². The van der Waals surface area contributed by atoms with Gasteiger partial charge in [0.2, 0.25) is 0 Å². The van der Waals surface area contributed by atoms with Gasteiger partial charge in [-0.25, -0.2) is 4.98 Å². The number of anilines is 1. The highest BCUT2D eigenvalue weighted by Gasteiger charge is 2.10. The van der Waals surface area contributed by atoms with Crippen molar-refractivity contribution >= 4 is 28.2 Å². The normalized spacial score (nSPS) is 10.1. The van der Waals surface area contributed by atoms with E-state index in [0.29, 0.717) is 16.4 Å². The predicted octanol–water partition coefficient (Wildman–Crippen LogP) is 2.30. The Morgan fingerprint density at radius 1 is 1.28 bits per heavy atom. The second-order valence-corrected chi connectivity index (χ2v) is 4.45. The number of carbonyl (C=O) groups is 2. The maximum atomic E-state index is 11.8. The largest absolute Gasteiger partial charge is 0.508 e. The Labute approximate surface area is 107 Å². The number of benzene rings is 1. The molecule has 0 unspecified atom stereocenters. The van der Waals surface area contributed by atoms with Crippen LogP contribution in [0.1, 0.15) is 27.8 Å². The van der Waals surface area contributed by atoms with Crippen molar-refractivity contribution in [3.05, 3.63) is 40.9 Å². The minimum atomic E-state index is -0.334. The van der Waals surface area contributed by atoms with Gasteiger partial charge in [0.15, 0.2) is 10.9 Å². The van der Waals surface area contributed by atoms with Gasteiger partial charge in [-0.05, 0) is 24.3 Å². The van der Waals surface area contributed by atoms with Crippen molar-refractivity contribution in [3.8, 4) is 5.75 Å². The van der Waals surface area contributed by atoms with Gasteiger partial charge in [0, 0.05) is 17.9 Å². The summed E-state index contributed by atoms with van der Waals surface area (Å²) in [6.45, 7) is 1.42. The molecule has 18 heavy (non-hydrogen) atoms. The van der Waals surface area contributed by atoms with Crippen LogP contribution in [-0.2, 0) is 0 Å². The van der Waals surface area contributed by atoms with Crippen LogP contribution in [0.5, 0.6) is 5.75 Å². The molecule has 1 amide bonds. The molecule has 0 atom stereocenters.